The van der Waals surface area contributed by atoms with Gasteiger partial charge in [-0.15, -0.1) is 4.91 Å². The molecule has 0 saturated carbocycles. The van der Waals surface area contributed by atoms with Gasteiger partial charge in [-0.25, -0.2) is 14.4 Å². The zero-order valence-electron chi connectivity index (χ0n) is 18.4. The molecule has 1 aliphatic rings. The van der Waals surface area contributed by atoms with Crippen LogP contribution in [-0.4, -0.2) is 55.0 Å². The largest absolute Gasteiger partial charge is 0.494 e. The molecule has 0 spiro atoms. The van der Waals surface area contributed by atoms with Crippen LogP contribution < -0.4 is 15.4 Å². The van der Waals surface area contributed by atoms with Gasteiger partial charge in [0.25, 0.3) is 5.91 Å². The fourth-order valence-electron chi connectivity index (χ4n) is 3.40. The molecule has 1 aliphatic heterocycles. The van der Waals surface area contributed by atoms with E-state index in [1.165, 1.54) is 26.3 Å². The zero-order valence-corrected chi connectivity index (χ0v) is 18.4. The van der Waals surface area contributed by atoms with Gasteiger partial charge in [0.1, 0.15) is 5.54 Å². The molecule has 3 N–H and O–H groups in total. The lowest BCUT2D eigenvalue weighted by molar-refractivity contribution is 0.0962. The Kier molecular flexibility index (Phi) is 7.78. The van der Waals surface area contributed by atoms with Crippen LogP contribution in [0.2, 0.25) is 0 Å². The predicted molar refractivity (Wildman–Crippen MR) is 120 cm³/mol. The second kappa shape index (κ2) is 10.7. The van der Waals surface area contributed by atoms with Gasteiger partial charge >= 0.3 is 0 Å². The number of benzene rings is 1. The molecule has 3 rings (SSSR count). The number of hydrogen-bond donors (Lipinski definition) is 3. The van der Waals surface area contributed by atoms with Gasteiger partial charge in [0.2, 0.25) is 5.95 Å². The van der Waals surface area contributed by atoms with E-state index < -0.39 is 11.4 Å². The molecule has 1 amide bonds. The Morgan fingerprint density at radius 3 is 2.70 bits per heavy atom. The van der Waals surface area contributed by atoms with Gasteiger partial charge in [0.15, 0.2) is 11.6 Å². The number of rotatable bonds is 10. The fraction of sp³-hybridized carbons (Fsp3) is 0.364. The molecule has 11 heteroatoms. The minimum Gasteiger partial charge on any atom is -0.494 e. The number of carbonyl (C=O) groups is 1. The molecular formula is C22H25FN6O4. The van der Waals surface area contributed by atoms with Crippen LogP contribution in [0, 0.1) is 16.1 Å². The number of nitrogens with one attached hydrogen (secondary N) is 3. The van der Waals surface area contributed by atoms with Gasteiger partial charge in [-0.1, -0.05) is 5.18 Å². The molecule has 1 aromatic carbocycles. The van der Waals surface area contributed by atoms with Crippen LogP contribution in [0.4, 0.5) is 10.3 Å². The van der Waals surface area contributed by atoms with E-state index in [0.717, 1.165) is 11.8 Å². The lowest BCUT2D eigenvalue weighted by Gasteiger charge is -2.15. The lowest BCUT2D eigenvalue weighted by Crippen LogP contribution is -2.25. The maximum absolute atomic E-state index is 14.6. The van der Waals surface area contributed by atoms with Crippen LogP contribution in [0.15, 0.2) is 41.5 Å². The van der Waals surface area contributed by atoms with Crippen LogP contribution in [0.1, 0.15) is 27.9 Å². The minimum atomic E-state index is -1.01. The number of methoxy groups -OCH3 is 1. The number of nitrogens with zero attached hydrogens (tertiary/aromatic N) is 3. The molecule has 1 atom stereocenters. The summed E-state index contributed by atoms with van der Waals surface area (Å²) in [6.45, 7) is 0.592. The summed E-state index contributed by atoms with van der Waals surface area (Å²) < 4.78 is 24.9. The second-order valence-electron chi connectivity index (χ2n) is 7.51. The van der Waals surface area contributed by atoms with Crippen molar-refractivity contribution in [3.63, 3.8) is 0 Å². The summed E-state index contributed by atoms with van der Waals surface area (Å²) in [6.07, 6.45) is 6.95. The Balaban J connectivity index is 1.69. The van der Waals surface area contributed by atoms with E-state index in [9.17, 15) is 14.1 Å². The van der Waals surface area contributed by atoms with E-state index >= 15 is 0 Å². The van der Waals surface area contributed by atoms with Crippen molar-refractivity contribution in [1.29, 1.82) is 5.41 Å². The van der Waals surface area contributed by atoms with Crippen LogP contribution in [0.5, 0.6) is 5.75 Å². The fourth-order valence-corrected chi connectivity index (χ4v) is 3.40. The third-order valence-corrected chi connectivity index (χ3v) is 5.26. The highest BCUT2D eigenvalue weighted by Gasteiger charge is 2.35. The van der Waals surface area contributed by atoms with E-state index in [1.807, 2.05) is 0 Å². The average molecular weight is 456 g/mol. The number of aryl methyl sites for hydroxylation is 2. The Morgan fingerprint density at radius 2 is 2.12 bits per heavy atom. The molecule has 1 unspecified atom stereocenters. The van der Waals surface area contributed by atoms with Crippen molar-refractivity contribution in [2.45, 2.75) is 24.8 Å². The maximum atomic E-state index is 14.6. The molecular weight excluding hydrogens is 431 g/mol. The van der Waals surface area contributed by atoms with Crippen molar-refractivity contribution in [2.24, 2.45) is 5.18 Å². The van der Waals surface area contributed by atoms with Crippen molar-refractivity contribution in [2.75, 3.05) is 32.7 Å². The first-order valence-corrected chi connectivity index (χ1v) is 10.3. The molecule has 1 fully saturated rings. The molecule has 1 aromatic heterocycles. The Labute approximate surface area is 190 Å². The van der Waals surface area contributed by atoms with Crippen molar-refractivity contribution in [3.8, 4) is 5.75 Å². The smallest absolute Gasteiger partial charge is 0.251 e. The monoisotopic (exact) mass is 456 g/mol. The van der Waals surface area contributed by atoms with E-state index in [0.29, 0.717) is 42.7 Å². The van der Waals surface area contributed by atoms with Crippen molar-refractivity contribution < 1.29 is 18.7 Å². The Bertz CT molecular complexity index is 1050. The van der Waals surface area contributed by atoms with Gasteiger partial charge in [-0.3, -0.25) is 4.79 Å². The number of ether oxygens (including phenoxy) is 2. The summed E-state index contributed by atoms with van der Waals surface area (Å²) in [6, 6.07) is 2.86. The lowest BCUT2D eigenvalue weighted by atomic mass is 9.99. The third-order valence-electron chi connectivity index (χ3n) is 5.26. The molecule has 0 bridgehead atoms. The highest BCUT2D eigenvalue weighted by Crippen LogP contribution is 2.26. The van der Waals surface area contributed by atoms with Gasteiger partial charge < -0.3 is 25.5 Å². The molecule has 2 aromatic rings. The molecule has 33 heavy (non-hydrogen) atoms. The summed E-state index contributed by atoms with van der Waals surface area (Å²) in [5.74, 6) is -0.608. The third kappa shape index (κ3) is 5.75. The van der Waals surface area contributed by atoms with Crippen LogP contribution in [-0.2, 0) is 17.6 Å². The Morgan fingerprint density at radius 1 is 1.36 bits per heavy atom. The second-order valence-corrected chi connectivity index (χ2v) is 7.51. The van der Waals surface area contributed by atoms with Crippen molar-refractivity contribution in [3.05, 3.63) is 63.7 Å². The summed E-state index contributed by atoms with van der Waals surface area (Å²) in [5.41, 5.74) is 0.721. The summed E-state index contributed by atoms with van der Waals surface area (Å²) >= 11 is 0. The first-order valence-electron chi connectivity index (χ1n) is 10.3. The first-order chi connectivity index (χ1) is 15.9. The first kappa shape index (κ1) is 23.9. The SMILES string of the molecule is CNC(=O)c1cc(CCc2cnc(N/C(C=N)=C/C3(N=O)CCOC3)nc2)c(F)c(OC)c1. The highest BCUT2D eigenvalue weighted by molar-refractivity contribution is 5.94. The van der Waals surface area contributed by atoms with E-state index in [4.69, 9.17) is 14.9 Å². The molecule has 0 radical (unpaired) electrons. The topological polar surface area (TPSA) is 139 Å². The highest BCUT2D eigenvalue weighted by atomic mass is 19.1. The zero-order chi connectivity index (χ0) is 23.8. The Hall–Kier alpha value is -3.73. The molecule has 174 valence electrons. The van der Waals surface area contributed by atoms with E-state index in [1.54, 1.807) is 18.5 Å². The number of carbonyl (C=O) groups excluding carboxylic acids is 1. The summed E-state index contributed by atoms with van der Waals surface area (Å²) in [7, 11) is 2.85. The number of halogens is 1. The molecule has 10 nitrogen and oxygen atoms in total. The van der Waals surface area contributed by atoms with Gasteiger partial charge in [0, 0.05) is 44.2 Å². The van der Waals surface area contributed by atoms with Crippen molar-refractivity contribution >= 4 is 18.1 Å². The number of aromatic nitrogens is 2. The van der Waals surface area contributed by atoms with Crippen LogP contribution >= 0.6 is 0 Å². The number of amides is 1. The van der Waals surface area contributed by atoms with Crippen LogP contribution in [0.25, 0.3) is 0 Å². The average Bonchev–Trinajstić information content (AvgIpc) is 3.32. The summed E-state index contributed by atoms with van der Waals surface area (Å²) in [5, 5.41) is 16.1. The predicted octanol–water partition coefficient (Wildman–Crippen LogP) is 2.64. The molecule has 1 saturated heterocycles. The number of hydrogen-bond acceptors (Lipinski definition) is 9. The molecule has 0 aliphatic carbocycles. The quantitative estimate of drug-likeness (QED) is 0.369. The molecule has 2 heterocycles. The van der Waals surface area contributed by atoms with Gasteiger partial charge in [-0.05, 0) is 42.2 Å². The standard InChI is InChI=1S/C22H25FN6O4/c1-25-20(30)16-7-15(19(23)18(8-16)32-2)4-3-14-11-26-21(27-12-14)28-17(10-24)9-22(29-31)5-6-33-13-22/h7-12,24H,3-6,13H2,1-2H3,(H,25,30)(H,26,27,28)/b17-9+,24-10?. The maximum Gasteiger partial charge on any atom is 0.251 e. The van der Waals surface area contributed by atoms with E-state index in [2.05, 4.69) is 25.8 Å². The van der Waals surface area contributed by atoms with Crippen molar-refractivity contribution in [1.82, 2.24) is 15.3 Å². The number of allylic oxidation sites excluding steroid dienone is 1. The van der Waals surface area contributed by atoms with Gasteiger partial charge in [0.05, 0.1) is 19.4 Å². The van der Waals surface area contributed by atoms with E-state index in [-0.39, 0.29) is 24.2 Å². The number of anilines is 1. The van der Waals surface area contributed by atoms with Crippen LogP contribution in [0.3, 0.4) is 0 Å². The summed E-state index contributed by atoms with van der Waals surface area (Å²) in [4.78, 5) is 31.6. The normalized spacial score (nSPS) is 18.0. The van der Waals surface area contributed by atoms with Gasteiger partial charge in [-0.2, -0.15) is 0 Å². The minimum absolute atomic E-state index is 0.00288. The number of nitroso groups, excluding NO2 is 1.